The first-order chi connectivity index (χ1) is 8.70. The molecule has 0 saturated heterocycles. The van der Waals surface area contributed by atoms with E-state index >= 15 is 0 Å². The van der Waals surface area contributed by atoms with Gasteiger partial charge in [-0.1, -0.05) is 26.0 Å². The SMILES string of the molecule is CCC1(CC)[C@@H](OC)C[C@H]1N[C@@H]1C=C[C@H](CO)C1. The molecule has 2 aliphatic rings. The highest BCUT2D eigenvalue weighted by Crippen LogP contribution is 2.49. The molecule has 1 saturated carbocycles. The molecule has 3 nitrogen and oxygen atoms in total. The van der Waals surface area contributed by atoms with Crippen molar-refractivity contribution in [3.63, 3.8) is 0 Å². The summed E-state index contributed by atoms with van der Waals surface area (Å²) >= 11 is 0. The molecule has 0 heterocycles. The third-order valence-corrected chi connectivity index (χ3v) is 5.21. The maximum absolute atomic E-state index is 9.17. The first kappa shape index (κ1) is 14.0. The minimum atomic E-state index is 0.271. The molecule has 0 unspecified atom stereocenters. The summed E-state index contributed by atoms with van der Waals surface area (Å²) in [7, 11) is 1.83. The fourth-order valence-corrected chi connectivity index (χ4v) is 3.80. The van der Waals surface area contributed by atoms with E-state index in [1.807, 2.05) is 7.11 Å². The summed E-state index contributed by atoms with van der Waals surface area (Å²) in [6.07, 6.45) is 9.25. The van der Waals surface area contributed by atoms with E-state index in [0.717, 1.165) is 12.8 Å². The number of aliphatic hydroxyl groups excluding tert-OH is 1. The van der Waals surface area contributed by atoms with Gasteiger partial charge in [-0.2, -0.15) is 0 Å². The van der Waals surface area contributed by atoms with Gasteiger partial charge in [0.15, 0.2) is 0 Å². The van der Waals surface area contributed by atoms with Crippen molar-refractivity contribution in [3.05, 3.63) is 12.2 Å². The molecule has 18 heavy (non-hydrogen) atoms. The van der Waals surface area contributed by atoms with Crippen LogP contribution in [0.15, 0.2) is 12.2 Å². The fourth-order valence-electron chi connectivity index (χ4n) is 3.80. The van der Waals surface area contributed by atoms with Crippen molar-refractivity contribution in [1.82, 2.24) is 5.32 Å². The maximum Gasteiger partial charge on any atom is 0.0657 e. The molecule has 0 aromatic carbocycles. The first-order valence-corrected chi connectivity index (χ1v) is 7.28. The average Bonchev–Trinajstić information content (AvgIpc) is 2.83. The molecule has 104 valence electrons. The zero-order chi connectivity index (χ0) is 13.2. The van der Waals surface area contributed by atoms with E-state index in [1.165, 1.54) is 12.8 Å². The van der Waals surface area contributed by atoms with E-state index in [0.29, 0.717) is 29.5 Å². The van der Waals surface area contributed by atoms with Crippen LogP contribution in [-0.2, 0) is 4.74 Å². The van der Waals surface area contributed by atoms with Gasteiger partial charge in [0.2, 0.25) is 0 Å². The van der Waals surface area contributed by atoms with Crippen molar-refractivity contribution in [2.45, 2.75) is 57.7 Å². The van der Waals surface area contributed by atoms with Gasteiger partial charge in [-0.15, -0.1) is 0 Å². The van der Waals surface area contributed by atoms with Gasteiger partial charge < -0.3 is 15.2 Å². The van der Waals surface area contributed by atoms with Crippen LogP contribution in [0.5, 0.6) is 0 Å². The zero-order valence-corrected chi connectivity index (χ0v) is 11.9. The second-order valence-corrected chi connectivity index (χ2v) is 5.79. The summed E-state index contributed by atoms with van der Waals surface area (Å²) in [4.78, 5) is 0. The Balaban J connectivity index is 1.93. The fraction of sp³-hybridized carbons (Fsp3) is 0.867. The Bertz CT molecular complexity index is 299. The molecule has 0 aliphatic heterocycles. The minimum Gasteiger partial charge on any atom is -0.396 e. The lowest BCUT2D eigenvalue weighted by molar-refractivity contribution is -0.125. The molecule has 0 spiro atoms. The van der Waals surface area contributed by atoms with Gasteiger partial charge in [0.1, 0.15) is 0 Å². The van der Waals surface area contributed by atoms with Gasteiger partial charge in [-0.25, -0.2) is 0 Å². The van der Waals surface area contributed by atoms with Gasteiger partial charge in [-0.3, -0.25) is 0 Å². The lowest BCUT2D eigenvalue weighted by Crippen LogP contribution is -2.64. The third-order valence-electron chi connectivity index (χ3n) is 5.21. The molecule has 2 aliphatic carbocycles. The van der Waals surface area contributed by atoms with Crippen molar-refractivity contribution < 1.29 is 9.84 Å². The largest absolute Gasteiger partial charge is 0.396 e. The molecule has 0 radical (unpaired) electrons. The Kier molecular flexibility index (Phi) is 4.46. The number of hydrogen-bond donors (Lipinski definition) is 2. The minimum absolute atomic E-state index is 0.271. The summed E-state index contributed by atoms with van der Waals surface area (Å²) in [5.41, 5.74) is 0.305. The highest BCUT2D eigenvalue weighted by molar-refractivity contribution is 5.12. The van der Waals surface area contributed by atoms with Crippen molar-refractivity contribution >= 4 is 0 Å². The quantitative estimate of drug-likeness (QED) is 0.712. The maximum atomic E-state index is 9.17. The second-order valence-electron chi connectivity index (χ2n) is 5.79. The predicted molar refractivity (Wildman–Crippen MR) is 73.5 cm³/mol. The van der Waals surface area contributed by atoms with E-state index in [-0.39, 0.29) is 6.61 Å². The number of hydrogen-bond acceptors (Lipinski definition) is 3. The smallest absolute Gasteiger partial charge is 0.0657 e. The van der Waals surface area contributed by atoms with E-state index in [4.69, 9.17) is 9.84 Å². The van der Waals surface area contributed by atoms with Crippen LogP contribution in [0.4, 0.5) is 0 Å². The summed E-state index contributed by atoms with van der Waals surface area (Å²) in [5, 5.41) is 12.9. The van der Waals surface area contributed by atoms with Gasteiger partial charge in [0.25, 0.3) is 0 Å². The monoisotopic (exact) mass is 253 g/mol. The second kappa shape index (κ2) is 5.72. The summed E-state index contributed by atoms with van der Waals surface area (Å²) in [6, 6.07) is 0.993. The van der Waals surface area contributed by atoms with E-state index < -0.39 is 0 Å². The van der Waals surface area contributed by atoms with Gasteiger partial charge in [0.05, 0.1) is 6.10 Å². The third kappa shape index (κ3) is 2.24. The van der Waals surface area contributed by atoms with E-state index in [1.54, 1.807) is 0 Å². The van der Waals surface area contributed by atoms with Crippen molar-refractivity contribution in [2.24, 2.45) is 11.3 Å². The number of nitrogens with one attached hydrogen (secondary N) is 1. The molecule has 0 aromatic heterocycles. The van der Waals surface area contributed by atoms with Crippen LogP contribution in [0.2, 0.25) is 0 Å². The number of ether oxygens (including phenoxy) is 1. The molecule has 1 fully saturated rings. The number of aliphatic hydroxyl groups is 1. The topological polar surface area (TPSA) is 41.5 Å². The first-order valence-electron chi connectivity index (χ1n) is 7.28. The van der Waals surface area contributed by atoms with Crippen LogP contribution in [0.25, 0.3) is 0 Å². The van der Waals surface area contributed by atoms with Gasteiger partial charge >= 0.3 is 0 Å². The molecule has 4 atom stereocenters. The molecular weight excluding hydrogens is 226 g/mol. The molecule has 0 bridgehead atoms. The van der Waals surface area contributed by atoms with Crippen LogP contribution >= 0.6 is 0 Å². The normalized spacial score (nSPS) is 37.8. The lowest BCUT2D eigenvalue weighted by Gasteiger charge is -2.56. The van der Waals surface area contributed by atoms with Gasteiger partial charge in [0, 0.05) is 37.1 Å². The molecule has 2 N–H and O–H groups in total. The highest BCUT2D eigenvalue weighted by atomic mass is 16.5. The van der Waals surface area contributed by atoms with Crippen LogP contribution in [0, 0.1) is 11.3 Å². The van der Waals surface area contributed by atoms with Crippen LogP contribution < -0.4 is 5.32 Å². The van der Waals surface area contributed by atoms with Crippen molar-refractivity contribution in [2.75, 3.05) is 13.7 Å². The number of rotatable bonds is 6. The van der Waals surface area contributed by atoms with Crippen molar-refractivity contribution in [1.29, 1.82) is 0 Å². The van der Waals surface area contributed by atoms with Crippen molar-refractivity contribution in [3.8, 4) is 0 Å². The lowest BCUT2D eigenvalue weighted by atomic mass is 9.58. The van der Waals surface area contributed by atoms with Crippen LogP contribution in [-0.4, -0.2) is 37.0 Å². The molecule has 2 rings (SSSR count). The van der Waals surface area contributed by atoms with Crippen LogP contribution in [0.1, 0.15) is 39.5 Å². The average molecular weight is 253 g/mol. The highest BCUT2D eigenvalue weighted by Gasteiger charge is 2.53. The molecular formula is C15H27NO2. The summed E-state index contributed by atoms with van der Waals surface area (Å²) in [5.74, 6) is 0.346. The Hall–Kier alpha value is -0.380. The van der Waals surface area contributed by atoms with Crippen LogP contribution in [0.3, 0.4) is 0 Å². The summed E-state index contributed by atoms with van der Waals surface area (Å²) < 4.78 is 5.62. The Morgan fingerprint density at radius 2 is 2.00 bits per heavy atom. The summed E-state index contributed by atoms with van der Waals surface area (Å²) in [6.45, 7) is 4.81. The van der Waals surface area contributed by atoms with E-state index in [9.17, 15) is 0 Å². The molecule has 3 heteroatoms. The number of methoxy groups -OCH3 is 1. The Labute approximate surface area is 111 Å². The molecule has 0 aromatic rings. The zero-order valence-electron chi connectivity index (χ0n) is 11.9. The Morgan fingerprint density at radius 1 is 1.28 bits per heavy atom. The molecule has 0 amide bonds. The Morgan fingerprint density at radius 3 is 2.50 bits per heavy atom. The van der Waals surface area contributed by atoms with Gasteiger partial charge in [-0.05, 0) is 25.7 Å². The standard InChI is InChI=1S/C15H27NO2/c1-4-15(5-2)13(9-14(15)18-3)16-12-7-6-11(8-12)10-17/h6-7,11-14,16-17H,4-5,8-10H2,1-3H3/t11-,12+,13+,14-/m0/s1. The predicted octanol–water partition coefficient (Wildman–Crippen LogP) is 2.11. The van der Waals surface area contributed by atoms with E-state index in [2.05, 4.69) is 31.3 Å².